The van der Waals surface area contributed by atoms with E-state index in [0.717, 1.165) is 12.8 Å². The Kier molecular flexibility index (Phi) is 23.7. The number of aliphatic carboxylic acids is 1. The van der Waals surface area contributed by atoms with Crippen LogP contribution in [0.5, 0.6) is 0 Å². The maximum Gasteiger partial charge on any atom is 0.303 e. The summed E-state index contributed by atoms with van der Waals surface area (Å²) in [4.78, 5) is 17.8. The smallest absolute Gasteiger partial charge is 0.303 e. The lowest BCUT2D eigenvalue weighted by atomic mass is 10.0. The molecule has 0 aliphatic heterocycles. The van der Waals surface area contributed by atoms with Gasteiger partial charge in [-0.2, -0.15) is 4.91 Å². The second kappa shape index (κ2) is 22.4. The highest BCUT2D eigenvalue weighted by Gasteiger charge is 1.97. The highest BCUT2D eigenvalue weighted by molar-refractivity contribution is 5.66. The fourth-order valence-corrected chi connectivity index (χ4v) is 2.65. The third-order valence-electron chi connectivity index (χ3n) is 3.99. The lowest BCUT2D eigenvalue weighted by Gasteiger charge is -2.03. The van der Waals surface area contributed by atoms with Crippen LogP contribution in [0.4, 0.5) is 0 Å². The average molecular weight is 315 g/mol. The van der Waals surface area contributed by atoms with Crippen molar-refractivity contribution in [1.29, 1.82) is 5.59 Å². The average Bonchev–Trinajstić information content (AvgIpc) is 2.53. The van der Waals surface area contributed by atoms with Crippen LogP contribution >= 0.6 is 0 Å². The molecule has 0 unspecified atom stereocenters. The highest BCUT2D eigenvalue weighted by atomic mass is 16.4. The lowest BCUT2D eigenvalue weighted by molar-refractivity contribution is -0.137. The molecule has 4 nitrogen and oxygen atoms in total. The van der Waals surface area contributed by atoms with Crippen molar-refractivity contribution in [2.24, 2.45) is 0 Å². The summed E-state index contributed by atoms with van der Waals surface area (Å²) in [6.45, 7) is 2.27. The van der Waals surface area contributed by atoms with Gasteiger partial charge in [-0.05, 0) is 6.42 Å². The molecule has 0 atom stereocenters. The first-order valence-corrected chi connectivity index (χ1v) is 9.19. The van der Waals surface area contributed by atoms with E-state index in [1.54, 1.807) is 0 Å². The van der Waals surface area contributed by atoms with Crippen LogP contribution in [-0.4, -0.2) is 11.1 Å². The van der Waals surface area contributed by atoms with E-state index in [2.05, 4.69) is 12.5 Å². The van der Waals surface area contributed by atoms with Gasteiger partial charge in [-0.15, -0.1) is 0 Å². The molecule has 2 N–H and O–H groups in total. The van der Waals surface area contributed by atoms with Gasteiger partial charge in [0, 0.05) is 6.42 Å². The Morgan fingerprint density at radius 3 is 1.18 bits per heavy atom. The van der Waals surface area contributed by atoms with Gasteiger partial charge in [0.15, 0.2) is 0 Å². The van der Waals surface area contributed by atoms with Crippen LogP contribution in [0, 0.1) is 10.5 Å². The minimum absolute atomic E-state index is 0.345. The predicted molar refractivity (Wildman–Crippen MR) is 93.3 cm³/mol. The summed E-state index contributed by atoms with van der Waals surface area (Å²) in [5, 5.41) is 8.52. The minimum Gasteiger partial charge on any atom is -0.481 e. The fourth-order valence-electron chi connectivity index (χ4n) is 2.65. The third kappa shape index (κ3) is 24.1. The maximum atomic E-state index is 10.3. The molecule has 0 fully saturated rings. The SMILES string of the molecule is CCCCCCCCCCCCCCCCCC(=O)O.N=O. The lowest BCUT2D eigenvalue weighted by Crippen LogP contribution is -1.93. The zero-order chi connectivity index (χ0) is 16.9. The van der Waals surface area contributed by atoms with Crippen molar-refractivity contribution in [2.75, 3.05) is 0 Å². The Hall–Kier alpha value is -0.930. The topological polar surface area (TPSA) is 78.2 Å². The zero-order valence-corrected chi connectivity index (χ0v) is 14.6. The maximum absolute atomic E-state index is 10.3. The highest BCUT2D eigenvalue weighted by Crippen LogP contribution is 2.13. The number of carbonyl (C=O) groups is 1. The Bertz CT molecular complexity index is 222. The molecule has 0 aliphatic rings. The first-order chi connectivity index (χ1) is 10.8. The molecule has 0 bridgehead atoms. The van der Waals surface area contributed by atoms with Crippen LogP contribution in [0.25, 0.3) is 0 Å². The molecule has 132 valence electrons. The van der Waals surface area contributed by atoms with E-state index in [1.165, 1.54) is 83.5 Å². The van der Waals surface area contributed by atoms with E-state index >= 15 is 0 Å². The first-order valence-electron chi connectivity index (χ1n) is 9.19. The summed E-state index contributed by atoms with van der Waals surface area (Å²) >= 11 is 0. The van der Waals surface area contributed by atoms with E-state index in [-0.39, 0.29) is 0 Å². The predicted octanol–water partition coefficient (Wildman–Crippen LogP) is 6.66. The molecule has 4 heteroatoms. The molecule has 0 aromatic carbocycles. The monoisotopic (exact) mass is 315 g/mol. The second-order valence-electron chi connectivity index (χ2n) is 6.09. The molecule has 0 spiro atoms. The summed E-state index contributed by atoms with van der Waals surface area (Å²) in [5.41, 5.74) is 4.50. The molecular formula is C18H37NO3. The molecular weight excluding hydrogens is 278 g/mol. The number of rotatable bonds is 16. The number of carboxylic acid groups (broad SMARTS) is 1. The molecule has 0 aliphatic carbocycles. The number of hydrogen-bond donors (Lipinski definition) is 2. The van der Waals surface area contributed by atoms with Crippen LogP contribution in [0.1, 0.15) is 110 Å². The molecule has 22 heavy (non-hydrogen) atoms. The van der Waals surface area contributed by atoms with Crippen LogP contribution in [0.15, 0.2) is 0 Å². The standard InChI is InChI=1S/C18H36O2.HNO/c1-2-3-4-5-6-7-8-9-10-11-12-13-14-15-16-17-18(19)20;1-2/h2-17H2,1H3,(H,19,20);1H. The van der Waals surface area contributed by atoms with Crippen LogP contribution in [-0.2, 0) is 4.79 Å². The fraction of sp³-hybridized carbons (Fsp3) is 0.944. The van der Waals surface area contributed by atoms with Gasteiger partial charge in [-0.25, -0.2) is 0 Å². The van der Waals surface area contributed by atoms with Crippen LogP contribution < -0.4 is 0 Å². The molecule has 0 amide bonds. The van der Waals surface area contributed by atoms with E-state index in [9.17, 15) is 4.79 Å². The molecule has 0 aromatic rings. The Morgan fingerprint density at radius 2 is 0.909 bits per heavy atom. The number of unbranched alkanes of at least 4 members (excludes halogenated alkanes) is 14. The first kappa shape index (κ1) is 23.3. The summed E-state index contributed by atoms with van der Waals surface area (Å²) in [5.74, 6) is -0.653. The Labute approximate surface area is 136 Å². The van der Waals surface area contributed by atoms with Crippen LogP contribution in [0.2, 0.25) is 0 Å². The minimum atomic E-state index is -0.653. The molecule has 0 saturated heterocycles. The Balaban J connectivity index is 0. The van der Waals surface area contributed by atoms with Gasteiger partial charge in [0.05, 0.1) is 0 Å². The van der Waals surface area contributed by atoms with Gasteiger partial charge < -0.3 is 5.11 Å². The quantitative estimate of drug-likeness (QED) is 0.247. The normalized spacial score (nSPS) is 10.0. The van der Waals surface area contributed by atoms with Crippen molar-refractivity contribution in [3.63, 3.8) is 0 Å². The van der Waals surface area contributed by atoms with Crippen molar-refractivity contribution >= 4 is 5.97 Å². The number of hydrogen-bond acceptors (Lipinski definition) is 3. The van der Waals surface area contributed by atoms with Gasteiger partial charge >= 0.3 is 5.97 Å². The van der Waals surface area contributed by atoms with E-state index in [1.807, 2.05) is 0 Å². The number of carboxylic acids is 1. The Morgan fingerprint density at radius 1 is 0.636 bits per heavy atom. The van der Waals surface area contributed by atoms with Gasteiger partial charge in [0.25, 0.3) is 0 Å². The van der Waals surface area contributed by atoms with Crippen molar-refractivity contribution in [3.05, 3.63) is 4.91 Å². The van der Waals surface area contributed by atoms with E-state index < -0.39 is 5.97 Å². The second-order valence-corrected chi connectivity index (χ2v) is 6.09. The summed E-state index contributed by atoms with van der Waals surface area (Å²) in [7, 11) is 0. The molecule has 0 heterocycles. The van der Waals surface area contributed by atoms with Crippen molar-refractivity contribution in [2.45, 2.75) is 110 Å². The largest absolute Gasteiger partial charge is 0.481 e. The molecule has 0 aromatic heterocycles. The third-order valence-corrected chi connectivity index (χ3v) is 3.99. The van der Waals surface area contributed by atoms with Gasteiger partial charge in [-0.3, -0.25) is 4.79 Å². The molecule has 0 saturated carbocycles. The van der Waals surface area contributed by atoms with Crippen molar-refractivity contribution < 1.29 is 9.90 Å². The summed E-state index contributed by atoms with van der Waals surface area (Å²) in [6, 6.07) is 0. The van der Waals surface area contributed by atoms with Gasteiger partial charge in [0.1, 0.15) is 0 Å². The number of nitrogens with one attached hydrogen (secondary N) is 1. The molecule has 0 rings (SSSR count). The van der Waals surface area contributed by atoms with E-state index in [4.69, 9.17) is 10.0 Å². The van der Waals surface area contributed by atoms with Crippen molar-refractivity contribution in [1.82, 2.24) is 0 Å². The zero-order valence-electron chi connectivity index (χ0n) is 14.6. The number of nitroso groups, excluding NO2 is 1. The summed E-state index contributed by atoms with van der Waals surface area (Å²) < 4.78 is 0. The summed E-state index contributed by atoms with van der Waals surface area (Å²) in [6.07, 6.45) is 20.2. The van der Waals surface area contributed by atoms with Gasteiger partial charge in [0.2, 0.25) is 0 Å². The van der Waals surface area contributed by atoms with Crippen LogP contribution in [0.3, 0.4) is 0 Å². The van der Waals surface area contributed by atoms with E-state index in [0.29, 0.717) is 6.42 Å². The van der Waals surface area contributed by atoms with Gasteiger partial charge in [-0.1, -0.05) is 102 Å². The molecule has 0 radical (unpaired) electrons. The van der Waals surface area contributed by atoms with Crippen molar-refractivity contribution in [3.8, 4) is 0 Å².